The molecule has 168 valence electrons. The van der Waals surface area contributed by atoms with E-state index in [4.69, 9.17) is 9.84 Å². The van der Waals surface area contributed by atoms with Gasteiger partial charge in [-0.2, -0.15) is 0 Å². The number of fused-ring (bicyclic) bond motifs is 5. The second-order valence-electron chi connectivity index (χ2n) is 8.42. The highest BCUT2D eigenvalue weighted by Gasteiger charge is 2.46. The van der Waals surface area contributed by atoms with Gasteiger partial charge in [-0.3, -0.25) is 13.9 Å². The zero-order valence-electron chi connectivity index (χ0n) is 17.9. The number of alkyl halides is 1. The monoisotopic (exact) mass is 556 g/mol. The maximum absolute atomic E-state index is 13.0. The lowest BCUT2D eigenvalue weighted by molar-refractivity contribution is -0.143. The van der Waals surface area contributed by atoms with Gasteiger partial charge < -0.3 is 14.8 Å². The number of hydrogen-bond acceptors (Lipinski definition) is 5. The molecule has 0 amide bonds. The van der Waals surface area contributed by atoms with Gasteiger partial charge in [0.05, 0.1) is 17.9 Å². The number of nitrogens with one attached hydrogen (secondary N) is 1. The number of carbonyl (C=O) groups excluding carboxylic acids is 1. The fraction of sp³-hybridized carbons (Fsp3) is 0.522. The number of carbonyl (C=O) groups is 1. The van der Waals surface area contributed by atoms with Crippen LogP contribution in [0.15, 0.2) is 34.7 Å². The Kier molecular flexibility index (Phi) is 6.90. The molecule has 1 aromatic heterocycles. The first-order chi connectivity index (χ1) is 14.9. The predicted octanol–water partition coefficient (Wildman–Crippen LogP) is 3.63. The van der Waals surface area contributed by atoms with Crippen molar-refractivity contribution in [3.8, 4) is 0 Å². The van der Waals surface area contributed by atoms with Crippen molar-refractivity contribution in [2.24, 2.45) is 5.92 Å². The van der Waals surface area contributed by atoms with E-state index in [9.17, 15) is 9.00 Å². The maximum Gasteiger partial charge on any atom is 0.327 e. The minimum absolute atomic E-state index is 0.0351. The molecule has 3 heterocycles. The lowest BCUT2D eigenvalue weighted by atomic mass is 9.84. The highest BCUT2D eigenvalue weighted by Crippen LogP contribution is 2.46. The topological polar surface area (TPSA) is 82.6 Å². The van der Waals surface area contributed by atoms with E-state index in [1.54, 1.807) is 0 Å². The van der Waals surface area contributed by atoms with Crippen molar-refractivity contribution in [2.45, 2.75) is 41.0 Å². The Balaban J connectivity index is 1.85. The Labute approximate surface area is 199 Å². The molecule has 8 heteroatoms. The molecule has 4 atom stereocenters. The van der Waals surface area contributed by atoms with E-state index in [0.29, 0.717) is 24.5 Å². The van der Waals surface area contributed by atoms with Crippen molar-refractivity contribution in [1.29, 1.82) is 0 Å². The van der Waals surface area contributed by atoms with Gasteiger partial charge in [-0.1, -0.05) is 41.2 Å². The number of aromatic amines is 1. The first-order valence-electron chi connectivity index (χ1n) is 10.7. The molecule has 2 N–H and O–H groups in total. The average Bonchev–Trinajstić information content (AvgIpc) is 3.13. The fourth-order valence-electron chi connectivity index (χ4n) is 4.81. The molecule has 0 saturated heterocycles. The summed E-state index contributed by atoms with van der Waals surface area (Å²) in [5.41, 5.74) is 4.34. The maximum atomic E-state index is 13.0. The Morgan fingerprint density at radius 2 is 2.23 bits per heavy atom. The molecule has 0 radical (unpaired) electrons. The Bertz CT molecular complexity index is 1050. The van der Waals surface area contributed by atoms with Crippen LogP contribution in [0.25, 0.3) is 10.9 Å². The van der Waals surface area contributed by atoms with Crippen molar-refractivity contribution < 1.29 is 18.8 Å². The number of rotatable bonds is 6. The number of aromatic nitrogens is 1. The number of H-pyrrole nitrogens is 1. The number of ether oxygens (including phenoxy) is 1. The lowest BCUT2D eigenvalue weighted by Gasteiger charge is -2.39. The summed E-state index contributed by atoms with van der Waals surface area (Å²) in [7, 11) is 0.287. The van der Waals surface area contributed by atoms with Crippen molar-refractivity contribution in [3.05, 3.63) is 41.1 Å². The normalized spacial score (nSPS) is 26.5. The smallest absolute Gasteiger partial charge is 0.327 e. The van der Waals surface area contributed by atoms with Gasteiger partial charge >= 0.3 is 5.97 Å². The summed E-state index contributed by atoms with van der Waals surface area (Å²) in [6, 6.07) is 5.83. The molecule has 2 aliphatic rings. The summed E-state index contributed by atoms with van der Waals surface area (Å²) in [6.07, 6.45) is 4.54. The SMILES string of the molecule is CCC1=C[C@H]2CN(C1)Cc1c([nH]c3ccc(S(=O)CCCO)cc13)[C@](I)(C(=O)OC)C2. The van der Waals surface area contributed by atoms with Crippen molar-refractivity contribution in [2.75, 3.05) is 32.6 Å². The quantitative estimate of drug-likeness (QED) is 0.246. The standard InChI is InChI=1S/C23H29IN2O4S/c1-3-15-9-16-11-23(24,22(28)30-2)21-19(14-26(12-15)13-16)18-10-17(5-6-20(18)25-21)31(29)8-4-7-27/h5-6,9-10,16,25,27H,3-4,7-8,11-14H2,1-2H3/t16-,23+,31?/m1/s1. The molecule has 2 aliphatic heterocycles. The van der Waals surface area contributed by atoms with E-state index in [1.807, 2.05) is 18.2 Å². The fourth-order valence-corrected chi connectivity index (χ4v) is 7.16. The van der Waals surface area contributed by atoms with Crippen molar-refractivity contribution in [1.82, 2.24) is 9.88 Å². The summed E-state index contributed by atoms with van der Waals surface area (Å²) in [4.78, 5) is 19.8. The van der Waals surface area contributed by atoms with Gasteiger partial charge in [0.25, 0.3) is 0 Å². The number of nitrogens with zero attached hydrogens (tertiary/aromatic N) is 1. The van der Waals surface area contributed by atoms with E-state index in [0.717, 1.165) is 53.1 Å². The second kappa shape index (κ2) is 9.33. The number of aliphatic hydroxyl groups is 1. The van der Waals surface area contributed by atoms with Crippen LogP contribution < -0.4 is 0 Å². The predicted molar refractivity (Wildman–Crippen MR) is 131 cm³/mol. The molecule has 6 nitrogen and oxygen atoms in total. The van der Waals surface area contributed by atoms with Gasteiger partial charge in [-0.15, -0.1) is 0 Å². The molecule has 2 unspecified atom stereocenters. The molecule has 4 rings (SSSR count). The Morgan fingerprint density at radius 1 is 1.42 bits per heavy atom. The average molecular weight is 556 g/mol. The van der Waals surface area contributed by atoms with Gasteiger partial charge in [0.2, 0.25) is 0 Å². The summed E-state index contributed by atoms with van der Waals surface area (Å²) in [6.45, 7) is 4.80. The summed E-state index contributed by atoms with van der Waals surface area (Å²) >= 11 is 2.27. The minimum atomic E-state index is -1.16. The Morgan fingerprint density at radius 3 is 2.94 bits per heavy atom. The summed E-state index contributed by atoms with van der Waals surface area (Å²) < 4.78 is 17.2. The van der Waals surface area contributed by atoms with Gasteiger partial charge in [-0.05, 0) is 48.9 Å². The summed E-state index contributed by atoms with van der Waals surface area (Å²) in [5, 5.41) is 10.1. The third-order valence-electron chi connectivity index (χ3n) is 6.30. The number of benzene rings is 1. The van der Waals surface area contributed by atoms with Crippen molar-refractivity contribution in [3.63, 3.8) is 0 Å². The second-order valence-corrected chi connectivity index (χ2v) is 11.8. The third kappa shape index (κ3) is 4.36. The van der Waals surface area contributed by atoms with E-state index in [1.165, 1.54) is 12.7 Å². The van der Waals surface area contributed by atoms with E-state index in [2.05, 4.69) is 45.5 Å². The Hall–Kier alpha value is -1.23. The summed E-state index contributed by atoms with van der Waals surface area (Å²) in [5.74, 6) is 0.491. The van der Waals surface area contributed by atoms with Crippen LogP contribution in [0.5, 0.6) is 0 Å². The van der Waals surface area contributed by atoms with Crippen LogP contribution in [0.4, 0.5) is 0 Å². The van der Waals surface area contributed by atoms with E-state index < -0.39 is 14.2 Å². The molecule has 0 spiro atoms. The zero-order valence-corrected chi connectivity index (χ0v) is 20.9. The number of halogens is 1. The van der Waals surface area contributed by atoms with E-state index >= 15 is 0 Å². The van der Waals surface area contributed by atoms with Crippen LogP contribution in [-0.4, -0.2) is 57.7 Å². The molecular weight excluding hydrogens is 527 g/mol. The van der Waals surface area contributed by atoms with Crippen LogP contribution in [0.1, 0.15) is 37.4 Å². The van der Waals surface area contributed by atoms with Gasteiger partial charge in [0, 0.05) is 53.5 Å². The van der Waals surface area contributed by atoms with Crippen LogP contribution in [0, 0.1) is 5.92 Å². The first-order valence-corrected chi connectivity index (χ1v) is 13.1. The number of methoxy groups -OCH3 is 1. The van der Waals surface area contributed by atoms with E-state index in [-0.39, 0.29) is 12.6 Å². The molecule has 0 saturated carbocycles. The van der Waals surface area contributed by atoms with Crippen LogP contribution in [0.3, 0.4) is 0 Å². The van der Waals surface area contributed by atoms with Gasteiger partial charge in [0.1, 0.15) is 0 Å². The number of aliphatic hydroxyl groups excluding tert-OH is 1. The van der Waals surface area contributed by atoms with Crippen LogP contribution in [0.2, 0.25) is 0 Å². The molecule has 31 heavy (non-hydrogen) atoms. The number of hydrogen-bond donors (Lipinski definition) is 2. The molecule has 2 aromatic rings. The first kappa shape index (κ1) is 22.9. The molecular formula is C23H29IN2O4S. The lowest BCUT2D eigenvalue weighted by Crippen LogP contribution is -2.43. The minimum Gasteiger partial charge on any atom is -0.468 e. The zero-order chi connectivity index (χ0) is 22.2. The third-order valence-corrected chi connectivity index (χ3v) is 9.16. The van der Waals surface area contributed by atoms with Gasteiger partial charge in [0.15, 0.2) is 3.42 Å². The van der Waals surface area contributed by atoms with Crippen LogP contribution >= 0.6 is 22.6 Å². The molecule has 0 aliphatic carbocycles. The highest BCUT2D eigenvalue weighted by atomic mass is 127. The largest absolute Gasteiger partial charge is 0.468 e. The number of esters is 1. The van der Waals surface area contributed by atoms with Crippen molar-refractivity contribution >= 4 is 50.3 Å². The molecule has 2 bridgehead atoms. The molecule has 0 fully saturated rings. The van der Waals surface area contributed by atoms with Crippen LogP contribution in [-0.2, 0) is 30.3 Å². The highest BCUT2D eigenvalue weighted by molar-refractivity contribution is 14.1. The molecule has 1 aromatic carbocycles. The van der Waals surface area contributed by atoms with Gasteiger partial charge in [-0.25, -0.2) is 0 Å².